The molecular weight excluding hydrogens is 472 g/mol. The minimum atomic E-state index is 0.0936. The van der Waals surface area contributed by atoms with Crippen LogP contribution in [0.3, 0.4) is 0 Å². The van der Waals surface area contributed by atoms with E-state index in [0.29, 0.717) is 6.61 Å². The van der Waals surface area contributed by atoms with Gasteiger partial charge in [-0.05, 0) is 68.7 Å². The summed E-state index contributed by atoms with van der Waals surface area (Å²) in [5.74, 6) is 1.03. The molecule has 38 heavy (non-hydrogen) atoms. The molecule has 1 saturated heterocycles. The molecule has 1 aliphatic rings. The third kappa shape index (κ3) is 5.50. The Bertz CT molecular complexity index is 1380. The van der Waals surface area contributed by atoms with E-state index in [2.05, 4.69) is 56.9 Å². The summed E-state index contributed by atoms with van der Waals surface area (Å²) in [6, 6.07) is 24.2. The van der Waals surface area contributed by atoms with Crippen molar-refractivity contribution >= 4 is 5.91 Å². The van der Waals surface area contributed by atoms with Gasteiger partial charge in [0.05, 0.1) is 11.4 Å². The Morgan fingerprint density at radius 2 is 1.47 bits per heavy atom. The summed E-state index contributed by atoms with van der Waals surface area (Å²) in [7, 11) is 0. The Balaban J connectivity index is 1.15. The number of aromatic nitrogens is 2. The second-order valence-electron chi connectivity index (χ2n) is 10.2. The molecule has 3 aromatic carbocycles. The summed E-state index contributed by atoms with van der Waals surface area (Å²) in [4.78, 5) is 17.6. The van der Waals surface area contributed by atoms with E-state index < -0.39 is 0 Å². The molecule has 0 atom stereocenters. The van der Waals surface area contributed by atoms with Gasteiger partial charge in [0.2, 0.25) is 0 Å². The molecule has 0 saturated carbocycles. The maximum atomic E-state index is 13.2. The number of aryl methyl sites for hydroxylation is 3. The van der Waals surface area contributed by atoms with Crippen molar-refractivity contribution in [3.63, 3.8) is 0 Å². The van der Waals surface area contributed by atoms with Gasteiger partial charge in [-0.2, -0.15) is 5.10 Å². The lowest BCUT2D eigenvalue weighted by Crippen LogP contribution is -2.48. The standard InChI is InChI=1S/C32H36N4O2/c1-23-9-8-10-24(2)31(23)38-22-27-13-15-28(16-14-27)32(37)35-19-17-34(18-20-35)21-30-25(3)33-36(26(30)4)29-11-6-5-7-12-29/h5-16H,17-22H2,1-4H3. The highest BCUT2D eigenvalue weighted by atomic mass is 16.5. The zero-order valence-corrected chi connectivity index (χ0v) is 22.8. The van der Waals surface area contributed by atoms with Crippen molar-refractivity contribution in [3.05, 3.63) is 112 Å². The lowest BCUT2D eigenvalue weighted by atomic mass is 10.1. The molecule has 0 aliphatic carbocycles. The first-order valence-electron chi connectivity index (χ1n) is 13.3. The van der Waals surface area contributed by atoms with Crippen molar-refractivity contribution in [3.8, 4) is 11.4 Å². The van der Waals surface area contributed by atoms with Crippen LogP contribution < -0.4 is 4.74 Å². The molecular formula is C32H36N4O2. The molecule has 2 heterocycles. The van der Waals surface area contributed by atoms with Gasteiger partial charge < -0.3 is 9.64 Å². The summed E-state index contributed by atoms with van der Waals surface area (Å²) in [6.45, 7) is 12.8. The number of piperazine rings is 1. The van der Waals surface area contributed by atoms with Crippen LogP contribution in [0.2, 0.25) is 0 Å². The molecule has 1 amide bonds. The lowest BCUT2D eigenvalue weighted by Gasteiger charge is -2.34. The fourth-order valence-corrected chi connectivity index (χ4v) is 5.17. The number of amides is 1. The highest BCUT2D eigenvalue weighted by Crippen LogP contribution is 2.24. The first-order chi connectivity index (χ1) is 18.4. The Kier molecular flexibility index (Phi) is 7.61. The van der Waals surface area contributed by atoms with Gasteiger partial charge in [-0.15, -0.1) is 0 Å². The summed E-state index contributed by atoms with van der Waals surface area (Å²) < 4.78 is 8.10. The lowest BCUT2D eigenvalue weighted by molar-refractivity contribution is 0.0628. The Labute approximate surface area is 225 Å². The predicted molar refractivity (Wildman–Crippen MR) is 151 cm³/mol. The molecule has 0 spiro atoms. The molecule has 0 bridgehead atoms. The SMILES string of the molecule is Cc1cccc(C)c1OCc1ccc(C(=O)N2CCN(Cc3c(C)nn(-c4ccccc4)c3C)CC2)cc1. The van der Waals surface area contributed by atoms with E-state index in [-0.39, 0.29) is 5.91 Å². The monoisotopic (exact) mass is 508 g/mol. The van der Waals surface area contributed by atoms with Gasteiger partial charge in [0.15, 0.2) is 0 Å². The molecule has 0 radical (unpaired) electrons. The second-order valence-corrected chi connectivity index (χ2v) is 10.2. The van der Waals surface area contributed by atoms with E-state index in [9.17, 15) is 4.79 Å². The first kappa shape index (κ1) is 25.7. The number of benzene rings is 3. The van der Waals surface area contributed by atoms with Crippen LogP contribution in [0.4, 0.5) is 0 Å². The molecule has 5 rings (SSSR count). The van der Waals surface area contributed by atoms with Crippen LogP contribution in [0.25, 0.3) is 5.69 Å². The quantitative estimate of drug-likeness (QED) is 0.324. The van der Waals surface area contributed by atoms with Gasteiger partial charge in [-0.3, -0.25) is 9.69 Å². The molecule has 4 aromatic rings. The van der Waals surface area contributed by atoms with Crippen LogP contribution in [-0.2, 0) is 13.2 Å². The number of carbonyl (C=O) groups excluding carboxylic acids is 1. The van der Waals surface area contributed by atoms with Crippen molar-refractivity contribution in [2.75, 3.05) is 26.2 Å². The van der Waals surface area contributed by atoms with Gasteiger partial charge in [0.1, 0.15) is 12.4 Å². The number of ether oxygens (including phenoxy) is 1. The Hall–Kier alpha value is -3.90. The maximum Gasteiger partial charge on any atom is 0.253 e. The summed E-state index contributed by atoms with van der Waals surface area (Å²) in [6.07, 6.45) is 0. The maximum absolute atomic E-state index is 13.2. The molecule has 6 nitrogen and oxygen atoms in total. The molecule has 196 valence electrons. The van der Waals surface area contributed by atoms with Crippen molar-refractivity contribution in [2.45, 2.75) is 40.8 Å². The van der Waals surface area contributed by atoms with E-state index in [0.717, 1.165) is 72.1 Å². The number of hydrogen-bond acceptors (Lipinski definition) is 4. The van der Waals surface area contributed by atoms with Gasteiger partial charge in [0, 0.05) is 49.5 Å². The summed E-state index contributed by atoms with van der Waals surface area (Å²) >= 11 is 0. The van der Waals surface area contributed by atoms with E-state index in [4.69, 9.17) is 9.84 Å². The molecule has 1 fully saturated rings. The van der Waals surface area contributed by atoms with E-state index in [1.54, 1.807) is 0 Å². The van der Waals surface area contributed by atoms with E-state index >= 15 is 0 Å². The fraction of sp³-hybridized carbons (Fsp3) is 0.312. The van der Waals surface area contributed by atoms with Crippen molar-refractivity contribution in [1.82, 2.24) is 19.6 Å². The van der Waals surface area contributed by atoms with E-state index in [1.165, 1.54) is 11.3 Å². The molecule has 0 unspecified atom stereocenters. The molecule has 1 aliphatic heterocycles. The van der Waals surface area contributed by atoms with Crippen LogP contribution in [0.15, 0.2) is 72.8 Å². The normalized spacial score (nSPS) is 14.1. The number of carbonyl (C=O) groups is 1. The van der Waals surface area contributed by atoms with Crippen LogP contribution in [0, 0.1) is 27.7 Å². The molecule has 1 aromatic heterocycles. The molecule has 0 N–H and O–H groups in total. The zero-order valence-electron chi connectivity index (χ0n) is 22.8. The van der Waals surface area contributed by atoms with Gasteiger partial charge >= 0.3 is 0 Å². The van der Waals surface area contributed by atoms with Crippen LogP contribution in [-0.4, -0.2) is 51.7 Å². The average molecular weight is 509 g/mol. The third-order valence-corrected chi connectivity index (χ3v) is 7.48. The van der Waals surface area contributed by atoms with Crippen LogP contribution in [0.1, 0.15) is 44.0 Å². The van der Waals surface area contributed by atoms with Crippen molar-refractivity contribution in [1.29, 1.82) is 0 Å². The first-order valence-corrected chi connectivity index (χ1v) is 13.3. The smallest absolute Gasteiger partial charge is 0.253 e. The highest BCUT2D eigenvalue weighted by molar-refractivity contribution is 5.94. The van der Waals surface area contributed by atoms with Gasteiger partial charge in [0.25, 0.3) is 5.91 Å². The van der Waals surface area contributed by atoms with Gasteiger partial charge in [-0.25, -0.2) is 4.68 Å². The minimum absolute atomic E-state index is 0.0936. The number of rotatable bonds is 7. The summed E-state index contributed by atoms with van der Waals surface area (Å²) in [5, 5.41) is 4.79. The van der Waals surface area contributed by atoms with Gasteiger partial charge in [-0.1, -0.05) is 48.5 Å². The largest absolute Gasteiger partial charge is 0.488 e. The number of hydrogen-bond donors (Lipinski definition) is 0. The molecule has 6 heteroatoms. The fourth-order valence-electron chi connectivity index (χ4n) is 5.17. The Morgan fingerprint density at radius 3 is 2.13 bits per heavy atom. The Morgan fingerprint density at radius 1 is 0.816 bits per heavy atom. The van der Waals surface area contributed by atoms with Crippen molar-refractivity contribution in [2.24, 2.45) is 0 Å². The van der Waals surface area contributed by atoms with E-state index in [1.807, 2.05) is 58.1 Å². The number of nitrogens with zero attached hydrogens (tertiary/aromatic N) is 4. The predicted octanol–water partition coefficient (Wildman–Crippen LogP) is 5.64. The average Bonchev–Trinajstić information content (AvgIpc) is 3.22. The minimum Gasteiger partial charge on any atom is -0.488 e. The zero-order chi connectivity index (χ0) is 26.6. The second kappa shape index (κ2) is 11.2. The number of para-hydroxylation sites is 2. The van der Waals surface area contributed by atoms with Crippen LogP contribution in [0.5, 0.6) is 5.75 Å². The third-order valence-electron chi connectivity index (χ3n) is 7.48. The van der Waals surface area contributed by atoms with Crippen molar-refractivity contribution < 1.29 is 9.53 Å². The topological polar surface area (TPSA) is 50.6 Å². The highest BCUT2D eigenvalue weighted by Gasteiger charge is 2.24. The summed E-state index contributed by atoms with van der Waals surface area (Å²) in [5.41, 5.74) is 8.63. The van der Waals surface area contributed by atoms with Crippen LogP contribution >= 0.6 is 0 Å².